The van der Waals surface area contributed by atoms with Gasteiger partial charge in [0.25, 0.3) is 0 Å². The van der Waals surface area contributed by atoms with E-state index >= 15 is 0 Å². The van der Waals surface area contributed by atoms with Crippen molar-refractivity contribution < 1.29 is 29.0 Å². The second-order valence-corrected chi connectivity index (χ2v) is 1.22. The molecule has 0 aliphatic carbocycles. The Morgan fingerprint density at radius 2 is 0.889 bits per heavy atom. The average molecular weight is 184 g/mol. The van der Waals surface area contributed by atoms with E-state index in [1.54, 1.807) is 0 Å². The molecular formula is C6H14O2Zn. The van der Waals surface area contributed by atoms with Gasteiger partial charge in [-0.25, -0.2) is 0 Å². The van der Waals surface area contributed by atoms with E-state index in [2.05, 4.69) is 0 Å². The quantitative estimate of drug-likeness (QED) is 0.411. The molecule has 1 saturated heterocycles. The molecule has 0 aromatic carbocycles. The van der Waals surface area contributed by atoms with Gasteiger partial charge in [0, 0.05) is 0 Å². The van der Waals surface area contributed by atoms with Crippen molar-refractivity contribution in [3.63, 3.8) is 0 Å². The molecule has 0 bridgehead atoms. The Labute approximate surface area is 70.7 Å². The Bertz CT molecular complexity index is 26.5. The van der Waals surface area contributed by atoms with E-state index in [0.717, 1.165) is 26.4 Å². The van der Waals surface area contributed by atoms with Crippen LogP contribution in [0.1, 0.15) is 0 Å². The van der Waals surface area contributed by atoms with Crippen LogP contribution in [0.4, 0.5) is 0 Å². The van der Waals surface area contributed by atoms with E-state index in [4.69, 9.17) is 9.47 Å². The molecule has 2 nitrogen and oxygen atoms in total. The zero-order chi connectivity index (χ0) is 4.24. The summed E-state index contributed by atoms with van der Waals surface area (Å²) >= 11 is 0. The van der Waals surface area contributed by atoms with E-state index in [-0.39, 0.29) is 34.3 Å². The molecule has 1 heterocycles. The van der Waals surface area contributed by atoms with Gasteiger partial charge in [0.15, 0.2) is 0 Å². The smallest absolute Gasteiger partial charge is 0.377 e. The maximum Gasteiger partial charge on any atom is 2.00 e. The van der Waals surface area contributed by atoms with Gasteiger partial charge < -0.3 is 24.3 Å². The van der Waals surface area contributed by atoms with Gasteiger partial charge in [-0.1, -0.05) is 0 Å². The summed E-state index contributed by atoms with van der Waals surface area (Å²) in [5.41, 5.74) is 0. The third kappa shape index (κ3) is 8.54. The Balaban J connectivity index is -0.000000120. The average Bonchev–Trinajstić information content (AvgIpc) is 1.72. The van der Waals surface area contributed by atoms with Crippen LogP contribution in [-0.4, -0.2) is 26.4 Å². The minimum Gasteiger partial charge on any atom is -0.377 e. The molecular weight excluding hydrogens is 169 g/mol. The summed E-state index contributed by atoms with van der Waals surface area (Å²) in [7, 11) is 0. The van der Waals surface area contributed by atoms with Crippen LogP contribution in [0.25, 0.3) is 0 Å². The summed E-state index contributed by atoms with van der Waals surface area (Å²) in [4.78, 5) is 0. The van der Waals surface area contributed by atoms with Crippen LogP contribution in [0.2, 0.25) is 0 Å². The van der Waals surface area contributed by atoms with Crippen LogP contribution < -0.4 is 0 Å². The second-order valence-electron chi connectivity index (χ2n) is 1.22. The Morgan fingerprint density at radius 1 is 0.667 bits per heavy atom. The van der Waals surface area contributed by atoms with Crippen molar-refractivity contribution in [1.82, 2.24) is 0 Å². The Morgan fingerprint density at radius 3 is 1.00 bits per heavy atom. The van der Waals surface area contributed by atoms with E-state index in [0.29, 0.717) is 0 Å². The van der Waals surface area contributed by atoms with Crippen LogP contribution in [0.3, 0.4) is 0 Å². The van der Waals surface area contributed by atoms with E-state index < -0.39 is 0 Å². The van der Waals surface area contributed by atoms with Crippen molar-refractivity contribution in [1.29, 1.82) is 0 Å². The Hall–Kier alpha value is 0.543. The van der Waals surface area contributed by atoms with Crippen LogP contribution in [-0.2, 0) is 29.0 Å². The summed E-state index contributed by atoms with van der Waals surface area (Å²) in [6, 6.07) is 0. The molecule has 0 saturated carbocycles. The summed E-state index contributed by atoms with van der Waals surface area (Å²) in [5, 5.41) is 0. The van der Waals surface area contributed by atoms with Gasteiger partial charge in [-0.3, -0.25) is 0 Å². The van der Waals surface area contributed by atoms with Crippen molar-refractivity contribution in [2.24, 2.45) is 0 Å². The van der Waals surface area contributed by atoms with Gasteiger partial charge in [-0.15, -0.1) is 0 Å². The zero-order valence-electron chi connectivity index (χ0n) is 6.35. The first-order valence-electron chi connectivity index (χ1n) is 2.15. The maximum absolute atomic E-state index is 4.94. The summed E-state index contributed by atoms with van der Waals surface area (Å²) in [6.07, 6.45) is 0. The topological polar surface area (TPSA) is 18.5 Å². The van der Waals surface area contributed by atoms with Gasteiger partial charge in [0.1, 0.15) is 0 Å². The SMILES string of the molecule is C1COCCO1.[CH3-].[CH3-].[Zn+2]. The number of ether oxygens (including phenoxy) is 2. The molecule has 0 atom stereocenters. The summed E-state index contributed by atoms with van der Waals surface area (Å²) in [6.45, 7) is 3.11. The number of hydrogen-bond donors (Lipinski definition) is 0. The molecule has 52 valence electrons. The molecule has 9 heavy (non-hydrogen) atoms. The molecule has 1 aliphatic heterocycles. The molecule has 0 aromatic heterocycles. The fourth-order valence-corrected chi connectivity index (χ4v) is 0.440. The molecule has 3 heteroatoms. The van der Waals surface area contributed by atoms with Gasteiger partial charge in [0.05, 0.1) is 26.4 Å². The normalized spacial score (nSPS) is 16.0. The predicted octanol–water partition coefficient (Wildman–Crippen LogP) is 0.931. The molecule has 0 unspecified atom stereocenters. The fraction of sp³-hybridized carbons (Fsp3) is 0.667. The molecule has 0 radical (unpaired) electrons. The minimum absolute atomic E-state index is 0. The fourth-order valence-electron chi connectivity index (χ4n) is 0.440. The van der Waals surface area contributed by atoms with Crippen LogP contribution in [0.15, 0.2) is 0 Å². The predicted molar refractivity (Wildman–Crippen MR) is 34.5 cm³/mol. The first-order chi connectivity index (χ1) is 3.00. The summed E-state index contributed by atoms with van der Waals surface area (Å²) < 4.78 is 9.89. The first-order valence-corrected chi connectivity index (χ1v) is 2.15. The third-order valence-corrected chi connectivity index (χ3v) is 0.744. The molecule has 0 amide bonds. The second kappa shape index (κ2) is 11.4. The van der Waals surface area contributed by atoms with Crippen molar-refractivity contribution >= 4 is 0 Å². The monoisotopic (exact) mass is 182 g/mol. The molecule has 0 aromatic rings. The maximum atomic E-state index is 4.94. The molecule has 0 N–H and O–H groups in total. The van der Waals surface area contributed by atoms with E-state index in [9.17, 15) is 0 Å². The molecule has 1 aliphatic rings. The molecule has 0 spiro atoms. The standard InChI is InChI=1S/C4H8O2.2CH3.Zn/c1-2-6-4-3-5-1;;;/h1-4H2;2*1H3;/q;2*-1;+2. The van der Waals surface area contributed by atoms with Crippen LogP contribution in [0.5, 0.6) is 0 Å². The van der Waals surface area contributed by atoms with Crippen LogP contribution >= 0.6 is 0 Å². The molecule has 1 rings (SSSR count). The Kier molecular flexibility index (Phi) is 20.5. The van der Waals surface area contributed by atoms with Crippen molar-refractivity contribution in [2.75, 3.05) is 26.4 Å². The van der Waals surface area contributed by atoms with E-state index in [1.807, 2.05) is 0 Å². The van der Waals surface area contributed by atoms with Gasteiger partial charge in [-0.05, 0) is 0 Å². The minimum atomic E-state index is 0. The first kappa shape index (κ1) is 16.3. The van der Waals surface area contributed by atoms with Crippen LogP contribution in [0, 0.1) is 14.9 Å². The van der Waals surface area contributed by atoms with Gasteiger partial charge in [0.2, 0.25) is 0 Å². The number of rotatable bonds is 0. The van der Waals surface area contributed by atoms with Crippen molar-refractivity contribution in [3.05, 3.63) is 14.9 Å². The zero-order valence-corrected chi connectivity index (χ0v) is 9.32. The van der Waals surface area contributed by atoms with E-state index in [1.165, 1.54) is 0 Å². The van der Waals surface area contributed by atoms with Gasteiger partial charge in [-0.2, -0.15) is 0 Å². The largest absolute Gasteiger partial charge is 2.00 e. The van der Waals surface area contributed by atoms with Crippen molar-refractivity contribution in [3.8, 4) is 0 Å². The molecule has 1 fully saturated rings. The summed E-state index contributed by atoms with van der Waals surface area (Å²) in [5.74, 6) is 0. The van der Waals surface area contributed by atoms with Gasteiger partial charge >= 0.3 is 19.5 Å². The number of hydrogen-bond acceptors (Lipinski definition) is 2. The third-order valence-electron chi connectivity index (χ3n) is 0.744. The van der Waals surface area contributed by atoms with Crippen molar-refractivity contribution in [2.45, 2.75) is 0 Å².